The van der Waals surface area contributed by atoms with Crippen molar-refractivity contribution in [3.63, 3.8) is 0 Å². The zero-order valence-electron chi connectivity index (χ0n) is 13.2. The highest BCUT2D eigenvalue weighted by atomic mass is 19.4. The first-order valence-electron chi connectivity index (χ1n) is 7.62. The molecule has 0 radical (unpaired) electrons. The number of hydrogen-bond donors (Lipinski definition) is 2. The lowest BCUT2D eigenvalue weighted by Crippen LogP contribution is -2.28. The lowest BCUT2D eigenvalue weighted by Gasteiger charge is -2.16. The summed E-state index contributed by atoms with van der Waals surface area (Å²) in [5.74, 6) is -0.219. The first kappa shape index (κ1) is 17.8. The summed E-state index contributed by atoms with van der Waals surface area (Å²) < 4.78 is 38.6. The van der Waals surface area contributed by atoms with Gasteiger partial charge in [-0.2, -0.15) is 13.2 Å². The Bertz CT molecular complexity index is 671. The van der Waals surface area contributed by atoms with E-state index in [2.05, 4.69) is 10.6 Å². The second kappa shape index (κ2) is 7.86. The summed E-state index contributed by atoms with van der Waals surface area (Å²) in [5, 5.41) is 5.51. The molecule has 2 N–H and O–H groups in total. The van der Waals surface area contributed by atoms with Gasteiger partial charge in [-0.1, -0.05) is 42.5 Å². The smallest absolute Gasteiger partial charge is 0.384 e. The molecule has 1 amide bonds. The molecule has 0 aliphatic rings. The Morgan fingerprint density at radius 1 is 1.04 bits per heavy atom. The molecule has 0 spiro atoms. The maximum absolute atomic E-state index is 12.9. The van der Waals surface area contributed by atoms with Crippen LogP contribution in [0, 0.1) is 0 Å². The summed E-state index contributed by atoms with van der Waals surface area (Å²) in [7, 11) is 0. The second-order valence-corrected chi connectivity index (χ2v) is 5.42. The third-order valence-corrected chi connectivity index (χ3v) is 3.58. The van der Waals surface area contributed by atoms with E-state index in [0.717, 1.165) is 11.6 Å². The summed E-state index contributed by atoms with van der Waals surface area (Å²) in [5.41, 5.74) is 0.221. The zero-order chi connectivity index (χ0) is 17.6. The van der Waals surface area contributed by atoms with Gasteiger partial charge in [0.05, 0.1) is 11.6 Å². The van der Waals surface area contributed by atoms with E-state index in [4.69, 9.17) is 0 Å². The van der Waals surface area contributed by atoms with Crippen LogP contribution >= 0.6 is 0 Å². The minimum atomic E-state index is -4.42. The highest BCUT2D eigenvalue weighted by Gasteiger charge is 2.33. The molecule has 0 fully saturated rings. The van der Waals surface area contributed by atoms with Crippen molar-refractivity contribution in [3.8, 4) is 0 Å². The minimum absolute atomic E-state index is 0.0195. The highest BCUT2D eigenvalue weighted by molar-refractivity contribution is 5.77. The van der Waals surface area contributed by atoms with Crippen LogP contribution < -0.4 is 10.6 Å². The average molecular weight is 336 g/mol. The lowest BCUT2D eigenvalue weighted by atomic mass is 10.1. The van der Waals surface area contributed by atoms with Crippen molar-refractivity contribution < 1.29 is 18.0 Å². The minimum Gasteiger partial charge on any atom is -0.384 e. The number of benzene rings is 2. The van der Waals surface area contributed by atoms with E-state index >= 15 is 0 Å². The quantitative estimate of drug-likeness (QED) is 0.822. The van der Waals surface area contributed by atoms with Crippen LogP contribution in [0.25, 0.3) is 0 Å². The lowest BCUT2D eigenvalue weighted by molar-refractivity contribution is -0.137. The summed E-state index contributed by atoms with van der Waals surface area (Å²) in [4.78, 5) is 11.9. The van der Waals surface area contributed by atoms with Crippen molar-refractivity contribution in [1.82, 2.24) is 5.32 Å². The van der Waals surface area contributed by atoms with E-state index in [1.54, 1.807) is 0 Å². The number of halogens is 3. The molecule has 0 aromatic heterocycles. The predicted octanol–water partition coefficient (Wildman–Crippen LogP) is 4.38. The molecule has 1 unspecified atom stereocenters. The van der Waals surface area contributed by atoms with E-state index in [0.29, 0.717) is 0 Å². The Kier molecular flexibility index (Phi) is 5.84. The van der Waals surface area contributed by atoms with Crippen LogP contribution in [0.2, 0.25) is 0 Å². The van der Waals surface area contributed by atoms with Crippen molar-refractivity contribution in [2.24, 2.45) is 0 Å². The van der Waals surface area contributed by atoms with Crippen molar-refractivity contribution in [1.29, 1.82) is 0 Å². The monoisotopic (exact) mass is 336 g/mol. The van der Waals surface area contributed by atoms with Crippen LogP contribution in [-0.4, -0.2) is 12.5 Å². The number of alkyl halides is 3. The number of anilines is 1. The normalized spacial score (nSPS) is 12.5. The Labute approximate surface area is 138 Å². The standard InChI is InChI=1S/C18H19F3N2O/c1-13(14-7-3-2-4-8-14)23-17(24)11-12-22-16-10-6-5-9-15(16)18(19,20)21/h2-10,13,22H,11-12H2,1H3,(H,23,24). The Hall–Kier alpha value is -2.50. The number of carbonyl (C=O) groups excluding carboxylic acids is 1. The topological polar surface area (TPSA) is 41.1 Å². The molecular weight excluding hydrogens is 317 g/mol. The van der Waals surface area contributed by atoms with Gasteiger partial charge < -0.3 is 10.6 Å². The van der Waals surface area contributed by atoms with E-state index in [1.165, 1.54) is 18.2 Å². The van der Waals surface area contributed by atoms with Crippen molar-refractivity contribution >= 4 is 11.6 Å². The molecular formula is C18H19F3N2O. The van der Waals surface area contributed by atoms with Crippen LogP contribution in [0.15, 0.2) is 54.6 Å². The summed E-state index contributed by atoms with van der Waals surface area (Å²) in [6.45, 7) is 1.99. The molecule has 0 bridgehead atoms. The molecule has 0 aliphatic carbocycles. The van der Waals surface area contributed by atoms with Crippen LogP contribution in [0.1, 0.15) is 30.5 Å². The van der Waals surface area contributed by atoms with Crippen LogP contribution in [-0.2, 0) is 11.0 Å². The fraction of sp³-hybridized carbons (Fsp3) is 0.278. The molecule has 2 aromatic carbocycles. The van der Waals surface area contributed by atoms with Crippen molar-refractivity contribution in [2.45, 2.75) is 25.6 Å². The SMILES string of the molecule is CC(NC(=O)CCNc1ccccc1C(F)(F)F)c1ccccc1. The Balaban J connectivity index is 1.85. The van der Waals surface area contributed by atoms with Gasteiger partial charge in [-0.15, -0.1) is 0 Å². The van der Waals surface area contributed by atoms with Gasteiger partial charge in [0.2, 0.25) is 5.91 Å². The first-order valence-corrected chi connectivity index (χ1v) is 7.62. The number of hydrogen-bond acceptors (Lipinski definition) is 2. The fourth-order valence-corrected chi connectivity index (χ4v) is 2.33. The van der Waals surface area contributed by atoms with Crippen LogP contribution in [0.4, 0.5) is 18.9 Å². The Morgan fingerprint density at radius 2 is 1.67 bits per heavy atom. The number of amides is 1. The van der Waals surface area contributed by atoms with Gasteiger partial charge in [0.25, 0.3) is 0 Å². The first-order chi connectivity index (χ1) is 11.4. The third kappa shape index (κ3) is 5.01. The molecule has 0 saturated heterocycles. The van der Waals surface area contributed by atoms with Gasteiger partial charge in [0.15, 0.2) is 0 Å². The maximum Gasteiger partial charge on any atom is 0.418 e. The highest BCUT2D eigenvalue weighted by Crippen LogP contribution is 2.34. The van der Waals surface area contributed by atoms with Crippen LogP contribution in [0.3, 0.4) is 0 Å². The molecule has 0 saturated carbocycles. The molecule has 3 nitrogen and oxygen atoms in total. The second-order valence-electron chi connectivity index (χ2n) is 5.42. The average Bonchev–Trinajstić information content (AvgIpc) is 2.55. The number of para-hydroxylation sites is 1. The Morgan fingerprint density at radius 3 is 2.33 bits per heavy atom. The molecule has 1 atom stereocenters. The fourth-order valence-electron chi connectivity index (χ4n) is 2.33. The number of nitrogens with one attached hydrogen (secondary N) is 2. The largest absolute Gasteiger partial charge is 0.418 e. The zero-order valence-corrected chi connectivity index (χ0v) is 13.2. The summed E-state index contributed by atoms with van der Waals surface area (Å²) >= 11 is 0. The molecule has 2 aromatic rings. The van der Waals surface area contributed by atoms with Gasteiger partial charge in [-0.25, -0.2) is 0 Å². The van der Waals surface area contributed by atoms with Gasteiger partial charge in [-0.05, 0) is 24.6 Å². The van der Waals surface area contributed by atoms with Gasteiger partial charge in [0, 0.05) is 18.7 Å². The van der Waals surface area contributed by atoms with Gasteiger partial charge in [0.1, 0.15) is 0 Å². The number of rotatable bonds is 6. The van der Waals surface area contributed by atoms with Gasteiger partial charge in [-0.3, -0.25) is 4.79 Å². The van der Waals surface area contributed by atoms with E-state index in [1.807, 2.05) is 37.3 Å². The molecule has 128 valence electrons. The van der Waals surface area contributed by atoms with E-state index < -0.39 is 11.7 Å². The molecule has 6 heteroatoms. The van der Waals surface area contributed by atoms with E-state index in [9.17, 15) is 18.0 Å². The molecule has 2 rings (SSSR count). The van der Waals surface area contributed by atoms with Crippen LogP contribution in [0.5, 0.6) is 0 Å². The van der Waals surface area contributed by atoms with Crippen molar-refractivity contribution in [2.75, 3.05) is 11.9 Å². The van der Waals surface area contributed by atoms with E-state index in [-0.39, 0.29) is 30.6 Å². The number of carbonyl (C=O) groups is 1. The summed E-state index contributed by atoms with van der Waals surface area (Å²) in [6, 6.07) is 14.5. The predicted molar refractivity (Wildman–Crippen MR) is 87.6 cm³/mol. The maximum atomic E-state index is 12.9. The molecule has 0 heterocycles. The molecule has 0 aliphatic heterocycles. The van der Waals surface area contributed by atoms with Gasteiger partial charge >= 0.3 is 6.18 Å². The van der Waals surface area contributed by atoms with Crippen molar-refractivity contribution in [3.05, 3.63) is 65.7 Å². The third-order valence-electron chi connectivity index (χ3n) is 3.58. The molecule has 24 heavy (non-hydrogen) atoms. The summed E-state index contributed by atoms with van der Waals surface area (Å²) in [6.07, 6.45) is -4.34.